The second-order valence-electron chi connectivity index (χ2n) is 6.92. The van der Waals surface area contributed by atoms with Crippen LogP contribution in [0.4, 0.5) is 5.69 Å². The van der Waals surface area contributed by atoms with Gasteiger partial charge in [0.05, 0.1) is 11.6 Å². The Bertz CT molecular complexity index is 958. The molecule has 0 saturated carbocycles. The fourth-order valence-corrected chi connectivity index (χ4v) is 3.18. The highest BCUT2D eigenvalue weighted by atomic mass is 16.5. The van der Waals surface area contributed by atoms with Gasteiger partial charge in [-0.2, -0.15) is 0 Å². The zero-order valence-corrected chi connectivity index (χ0v) is 17.0. The van der Waals surface area contributed by atoms with Gasteiger partial charge in [-0.3, -0.25) is 9.59 Å². The van der Waals surface area contributed by atoms with E-state index in [2.05, 4.69) is 17.6 Å². The Hall–Kier alpha value is -3.60. The summed E-state index contributed by atoms with van der Waals surface area (Å²) in [5, 5.41) is 5.87. The quantitative estimate of drug-likeness (QED) is 0.531. The molecule has 0 spiro atoms. The fourth-order valence-electron chi connectivity index (χ4n) is 3.18. The van der Waals surface area contributed by atoms with Gasteiger partial charge in [0.25, 0.3) is 11.8 Å². The molecule has 3 aromatic rings. The van der Waals surface area contributed by atoms with Crippen molar-refractivity contribution < 1.29 is 14.3 Å². The molecule has 0 saturated heterocycles. The van der Waals surface area contributed by atoms with Crippen LogP contribution in [0.15, 0.2) is 84.9 Å². The maximum Gasteiger partial charge on any atom is 0.259 e. The number of para-hydroxylation sites is 2. The molecule has 5 heteroatoms. The van der Waals surface area contributed by atoms with Crippen molar-refractivity contribution in [3.05, 3.63) is 96.1 Å². The third-order valence-corrected chi connectivity index (χ3v) is 4.64. The van der Waals surface area contributed by atoms with Crippen molar-refractivity contribution in [1.82, 2.24) is 5.32 Å². The smallest absolute Gasteiger partial charge is 0.259 e. The van der Waals surface area contributed by atoms with Gasteiger partial charge in [-0.15, -0.1) is 0 Å². The first-order valence-corrected chi connectivity index (χ1v) is 10.1. The van der Waals surface area contributed by atoms with Crippen molar-refractivity contribution in [2.45, 2.75) is 25.8 Å². The highest BCUT2D eigenvalue weighted by molar-refractivity contribution is 6.06. The summed E-state index contributed by atoms with van der Waals surface area (Å²) < 4.78 is 5.70. The number of benzene rings is 3. The summed E-state index contributed by atoms with van der Waals surface area (Å²) >= 11 is 0. The number of carbonyl (C=O) groups excluding carboxylic acids is 2. The molecule has 30 heavy (non-hydrogen) atoms. The molecule has 154 valence electrons. The predicted octanol–water partition coefficient (Wildman–Crippen LogP) is 4.98. The molecular formula is C25H26N2O3. The van der Waals surface area contributed by atoms with E-state index in [-0.39, 0.29) is 24.5 Å². The fraction of sp³-hybridized carbons (Fsp3) is 0.200. The van der Waals surface area contributed by atoms with Crippen molar-refractivity contribution in [3.63, 3.8) is 0 Å². The molecule has 3 rings (SSSR count). The van der Waals surface area contributed by atoms with E-state index in [9.17, 15) is 9.59 Å². The van der Waals surface area contributed by atoms with Crippen LogP contribution >= 0.6 is 0 Å². The lowest BCUT2D eigenvalue weighted by Gasteiger charge is -2.19. The summed E-state index contributed by atoms with van der Waals surface area (Å²) in [6.07, 6.45) is 1.79. The second kappa shape index (κ2) is 10.8. The van der Waals surface area contributed by atoms with Crippen LogP contribution in [0.25, 0.3) is 0 Å². The average Bonchev–Trinajstić information content (AvgIpc) is 2.79. The first-order chi connectivity index (χ1) is 14.7. The van der Waals surface area contributed by atoms with Crippen LogP contribution in [0, 0.1) is 0 Å². The minimum atomic E-state index is -0.287. The monoisotopic (exact) mass is 402 g/mol. The maximum atomic E-state index is 12.6. The molecule has 2 amide bonds. The average molecular weight is 402 g/mol. The van der Waals surface area contributed by atoms with Gasteiger partial charge in [0.1, 0.15) is 5.75 Å². The van der Waals surface area contributed by atoms with Crippen LogP contribution in [0.3, 0.4) is 0 Å². The molecule has 0 radical (unpaired) electrons. The minimum Gasteiger partial charge on any atom is -0.483 e. The molecule has 0 heterocycles. The van der Waals surface area contributed by atoms with Gasteiger partial charge < -0.3 is 15.4 Å². The summed E-state index contributed by atoms with van der Waals surface area (Å²) in [4.78, 5) is 25.1. The molecule has 0 aromatic heterocycles. The predicted molar refractivity (Wildman–Crippen MR) is 119 cm³/mol. The summed E-state index contributed by atoms with van der Waals surface area (Å²) in [6.45, 7) is 1.92. The van der Waals surface area contributed by atoms with Crippen LogP contribution in [0.5, 0.6) is 5.75 Å². The number of amides is 2. The Morgan fingerprint density at radius 2 is 1.50 bits per heavy atom. The molecule has 0 aliphatic rings. The van der Waals surface area contributed by atoms with Crippen LogP contribution < -0.4 is 15.4 Å². The molecule has 2 N–H and O–H groups in total. The van der Waals surface area contributed by atoms with Crippen LogP contribution in [-0.4, -0.2) is 18.4 Å². The minimum absolute atomic E-state index is 0.0658. The zero-order valence-electron chi connectivity index (χ0n) is 17.0. The van der Waals surface area contributed by atoms with Crippen molar-refractivity contribution in [1.29, 1.82) is 0 Å². The van der Waals surface area contributed by atoms with Gasteiger partial charge in [0.15, 0.2) is 6.61 Å². The standard InChI is InChI=1S/C25H26N2O3/c1-2-11-22(19-12-5-3-6-13-19)27-24(28)18-30-23-17-10-9-16-21(23)25(29)26-20-14-7-4-8-15-20/h3-10,12-17,22H,2,11,18H2,1H3,(H,26,29)(H,27,28). The molecule has 0 aliphatic carbocycles. The molecule has 3 aromatic carbocycles. The Kier molecular flexibility index (Phi) is 7.61. The lowest BCUT2D eigenvalue weighted by molar-refractivity contribution is -0.123. The summed E-state index contributed by atoms with van der Waals surface area (Å²) in [5.41, 5.74) is 2.14. The van der Waals surface area contributed by atoms with E-state index in [0.29, 0.717) is 17.0 Å². The molecule has 0 bridgehead atoms. The third kappa shape index (κ3) is 5.95. The van der Waals surface area contributed by atoms with Gasteiger partial charge in [0.2, 0.25) is 0 Å². The Labute approximate surface area is 177 Å². The summed E-state index contributed by atoms with van der Waals surface area (Å²) in [5.74, 6) is -0.145. The van der Waals surface area contributed by atoms with Crippen molar-refractivity contribution in [2.24, 2.45) is 0 Å². The van der Waals surface area contributed by atoms with Gasteiger partial charge in [-0.1, -0.05) is 74.0 Å². The van der Waals surface area contributed by atoms with E-state index in [0.717, 1.165) is 18.4 Å². The van der Waals surface area contributed by atoms with Gasteiger partial charge in [-0.25, -0.2) is 0 Å². The van der Waals surface area contributed by atoms with E-state index >= 15 is 0 Å². The van der Waals surface area contributed by atoms with E-state index in [1.165, 1.54) is 0 Å². The van der Waals surface area contributed by atoms with E-state index in [1.807, 2.05) is 60.7 Å². The van der Waals surface area contributed by atoms with Gasteiger partial charge >= 0.3 is 0 Å². The molecular weight excluding hydrogens is 376 g/mol. The summed E-state index contributed by atoms with van der Waals surface area (Å²) in [7, 11) is 0. The number of nitrogens with one attached hydrogen (secondary N) is 2. The number of hydrogen-bond acceptors (Lipinski definition) is 3. The molecule has 0 aliphatic heterocycles. The van der Waals surface area contributed by atoms with Crippen molar-refractivity contribution in [2.75, 3.05) is 11.9 Å². The normalized spacial score (nSPS) is 11.4. The lowest BCUT2D eigenvalue weighted by atomic mass is 10.0. The largest absolute Gasteiger partial charge is 0.483 e. The lowest BCUT2D eigenvalue weighted by Crippen LogP contribution is -2.32. The van der Waals surface area contributed by atoms with Crippen LogP contribution in [0.2, 0.25) is 0 Å². The molecule has 1 atom stereocenters. The molecule has 0 fully saturated rings. The van der Waals surface area contributed by atoms with Gasteiger partial charge in [-0.05, 0) is 36.2 Å². The molecule has 1 unspecified atom stereocenters. The van der Waals surface area contributed by atoms with Crippen molar-refractivity contribution in [3.8, 4) is 5.75 Å². The summed E-state index contributed by atoms with van der Waals surface area (Å²) in [6, 6.07) is 25.9. The number of hydrogen-bond donors (Lipinski definition) is 2. The van der Waals surface area contributed by atoms with E-state index < -0.39 is 0 Å². The highest BCUT2D eigenvalue weighted by Crippen LogP contribution is 2.21. The van der Waals surface area contributed by atoms with Crippen LogP contribution in [0.1, 0.15) is 41.7 Å². The third-order valence-electron chi connectivity index (χ3n) is 4.64. The van der Waals surface area contributed by atoms with E-state index in [1.54, 1.807) is 24.3 Å². The van der Waals surface area contributed by atoms with E-state index in [4.69, 9.17) is 4.74 Å². The molecule has 5 nitrogen and oxygen atoms in total. The van der Waals surface area contributed by atoms with Crippen LogP contribution in [-0.2, 0) is 4.79 Å². The van der Waals surface area contributed by atoms with Gasteiger partial charge in [0, 0.05) is 5.69 Å². The first kappa shape index (κ1) is 21.1. The topological polar surface area (TPSA) is 67.4 Å². The Morgan fingerprint density at radius 3 is 2.20 bits per heavy atom. The maximum absolute atomic E-state index is 12.6. The zero-order chi connectivity index (χ0) is 21.2. The number of anilines is 1. The number of ether oxygens (including phenoxy) is 1. The highest BCUT2D eigenvalue weighted by Gasteiger charge is 2.16. The van der Waals surface area contributed by atoms with Crippen molar-refractivity contribution >= 4 is 17.5 Å². The second-order valence-corrected chi connectivity index (χ2v) is 6.92. The Balaban J connectivity index is 1.62. The SMILES string of the molecule is CCCC(NC(=O)COc1ccccc1C(=O)Nc1ccccc1)c1ccccc1. The first-order valence-electron chi connectivity index (χ1n) is 10.1. The number of carbonyl (C=O) groups is 2. The Morgan fingerprint density at radius 1 is 0.867 bits per heavy atom. The number of rotatable bonds is 9.